The van der Waals surface area contributed by atoms with E-state index < -0.39 is 16.1 Å². The lowest BCUT2D eigenvalue weighted by Gasteiger charge is -2.32. The number of imidazole rings is 1. The van der Waals surface area contributed by atoms with Gasteiger partial charge < -0.3 is 4.98 Å². The van der Waals surface area contributed by atoms with Crippen molar-refractivity contribution in [1.29, 1.82) is 0 Å². The molecule has 0 bridgehead atoms. The largest absolute Gasteiger partial charge is 0.332 e. The highest BCUT2D eigenvalue weighted by atomic mass is 32.2. The summed E-state index contributed by atoms with van der Waals surface area (Å²) in [6.45, 7) is 6.96. The van der Waals surface area contributed by atoms with Gasteiger partial charge >= 0.3 is 0 Å². The molecular formula is C16H24N6O3S. The molecule has 9 nitrogen and oxygen atoms in total. The lowest BCUT2D eigenvalue weighted by Crippen LogP contribution is -2.52. The molecule has 0 aromatic carbocycles. The Hall–Kier alpha value is -2.20. The summed E-state index contributed by atoms with van der Waals surface area (Å²) < 4.78 is 29.5. The zero-order valence-corrected chi connectivity index (χ0v) is 16.0. The van der Waals surface area contributed by atoms with Crippen LogP contribution in [0.4, 0.5) is 5.82 Å². The van der Waals surface area contributed by atoms with E-state index in [1.807, 2.05) is 20.8 Å². The fourth-order valence-electron chi connectivity index (χ4n) is 3.01. The summed E-state index contributed by atoms with van der Waals surface area (Å²) in [5, 5.41) is 4.16. The number of sulfonamides is 1. The molecule has 26 heavy (non-hydrogen) atoms. The second kappa shape index (κ2) is 7.20. The van der Waals surface area contributed by atoms with Crippen LogP contribution in [0, 0.1) is 0 Å². The average Bonchev–Trinajstić information content (AvgIpc) is 3.26. The quantitative estimate of drug-likeness (QED) is 0.782. The van der Waals surface area contributed by atoms with Gasteiger partial charge in [0.15, 0.2) is 5.03 Å². The molecule has 3 rings (SSSR count). The van der Waals surface area contributed by atoms with Gasteiger partial charge in [-0.05, 0) is 19.8 Å². The number of rotatable bonds is 6. The third-order valence-corrected chi connectivity index (χ3v) is 5.80. The van der Waals surface area contributed by atoms with Crippen LogP contribution in [0.3, 0.4) is 0 Å². The molecule has 10 heteroatoms. The van der Waals surface area contributed by atoms with Gasteiger partial charge in [0.1, 0.15) is 17.7 Å². The molecule has 2 N–H and O–H groups in total. The fraction of sp³-hybridized carbons (Fsp3) is 0.562. The first kappa shape index (κ1) is 18.6. The van der Waals surface area contributed by atoms with E-state index in [1.54, 1.807) is 21.8 Å². The minimum absolute atomic E-state index is 0.0234. The first-order chi connectivity index (χ1) is 12.3. The smallest absolute Gasteiger partial charge is 0.258 e. The number of amides is 1. The van der Waals surface area contributed by atoms with Gasteiger partial charge in [-0.25, -0.2) is 18.1 Å². The third kappa shape index (κ3) is 3.51. The predicted octanol–water partition coefficient (Wildman–Crippen LogP) is 1.22. The summed E-state index contributed by atoms with van der Waals surface area (Å²) in [4.78, 5) is 21.3. The summed E-state index contributed by atoms with van der Waals surface area (Å²) in [5.41, 5.74) is 0. The Kier molecular flexibility index (Phi) is 5.15. The summed E-state index contributed by atoms with van der Waals surface area (Å²) in [5.74, 6) is 1.09. The van der Waals surface area contributed by atoms with Crippen molar-refractivity contribution in [3.63, 3.8) is 0 Å². The van der Waals surface area contributed by atoms with Crippen LogP contribution in [0.1, 0.15) is 45.4 Å². The van der Waals surface area contributed by atoms with E-state index in [9.17, 15) is 13.2 Å². The van der Waals surface area contributed by atoms with Crippen LogP contribution in [-0.2, 0) is 21.4 Å². The topological polar surface area (TPSA) is 113 Å². The highest BCUT2D eigenvalue weighted by Crippen LogP contribution is 2.22. The normalized spacial score (nSPS) is 18.7. The van der Waals surface area contributed by atoms with E-state index in [2.05, 4.69) is 19.8 Å². The van der Waals surface area contributed by atoms with E-state index in [1.165, 1.54) is 6.20 Å². The van der Waals surface area contributed by atoms with E-state index >= 15 is 0 Å². The number of aryl methyl sites for hydroxylation is 1. The van der Waals surface area contributed by atoms with Gasteiger partial charge in [0.05, 0.1) is 12.4 Å². The molecule has 1 aliphatic rings. The van der Waals surface area contributed by atoms with Gasteiger partial charge in [0.25, 0.3) is 10.0 Å². The van der Waals surface area contributed by atoms with Gasteiger partial charge in [-0.15, -0.1) is 0 Å². The lowest BCUT2D eigenvalue weighted by molar-refractivity contribution is -0.121. The standard InChI is InChI=1S/C16H24N6O3S/c1-4-22-14(7-8-18-22)21-9-5-6-12(16(21)23)20-26(24,25)13-10-17-15(19-13)11(2)3/h7-8,10-12,20H,4-6,9H2,1-3H3,(H,17,19)/t12-/m0/s1. The Bertz CT molecular complexity index is 885. The Morgan fingerprint density at radius 3 is 2.85 bits per heavy atom. The van der Waals surface area contributed by atoms with Crippen LogP contribution in [0.25, 0.3) is 0 Å². The highest BCUT2D eigenvalue weighted by Gasteiger charge is 2.34. The molecule has 1 atom stereocenters. The van der Waals surface area contributed by atoms with Crippen molar-refractivity contribution < 1.29 is 13.2 Å². The SMILES string of the molecule is CCn1nccc1N1CCC[C@H](NS(=O)(=O)c2cnc(C(C)C)[nH]2)C1=O. The van der Waals surface area contributed by atoms with Crippen molar-refractivity contribution in [2.45, 2.75) is 57.1 Å². The van der Waals surface area contributed by atoms with Gasteiger partial charge in [-0.3, -0.25) is 9.69 Å². The number of anilines is 1. The van der Waals surface area contributed by atoms with Crippen molar-refractivity contribution in [3.05, 3.63) is 24.3 Å². The van der Waals surface area contributed by atoms with Gasteiger partial charge in [0.2, 0.25) is 5.91 Å². The van der Waals surface area contributed by atoms with Crippen molar-refractivity contribution in [2.75, 3.05) is 11.4 Å². The molecule has 3 heterocycles. The Balaban J connectivity index is 1.79. The third-order valence-electron chi connectivity index (χ3n) is 4.41. The van der Waals surface area contributed by atoms with Crippen LogP contribution in [0.5, 0.6) is 0 Å². The van der Waals surface area contributed by atoms with E-state index in [-0.39, 0.29) is 16.9 Å². The number of nitrogens with one attached hydrogen (secondary N) is 2. The van der Waals surface area contributed by atoms with Crippen LogP contribution < -0.4 is 9.62 Å². The molecule has 1 fully saturated rings. The van der Waals surface area contributed by atoms with Gasteiger partial charge in [0, 0.05) is 25.1 Å². The molecule has 0 radical (unpaired) electrons. The summed E-state index contributed by atoms with van der Waals surface area (Å²) in [7, 11) is -3.85. The van der Waals surface area contributed by atoms with Crippen LogP contribution in [0.15, 0.2) is 23.5 Å². The minimum Gasteiger partial charge on any atom is -0.332 e. The van der Waals surface area contributed by atoms with E-state index in [0.29, 0.717) is 37.6 Å². The summed E-state index contributed by atoms with van der Waals surface area (Å²) >= 11 is 0. The van der Waals surface area contributed by atoms with Crippen molar-refractivity contribution in [1.82, 2.24) is 24.5 Å². The molecular weight excluding hydrogens is 356 g/mol. The second-order valence-corrected chi connectivity index (χ2v) is 8.28. The molecule has 1 amide bonds. The molecule has 1 saturated heterocycles. The Labute approximate surface area is 152 Å². The zero-order chi connectivity index (χ0) is 18.9. The molecule has 2 aromatic heterocycles. The number of H-pyrrole nitrogens is 1. The Morgan fingerprint density at radius 1 is 1.42 bits per heavy atom. The molecule has 142 valence electrons. The number of carbonyl (C=O) groups excluding carboxylic acids is 1. The number of piperidine rings is 1. The molecule has 0 saturated carbocycles. The first-order valence-corrected chi connectivity index (χ1v) is 10.2. The second-order valence-electron chi connectivity index (χ2n) is 6.60. The molecule has 1 aliphatic heterocycles. The number of carbonyl (C=O) groups is 1. The van der Waals surface area contributed by atoms with Crippen LogP contribution in [-0.4, -0.2) is 46.7 Å². The predicted molar refractivity (Wildman–Crippen MR) is 96.3 cm³/mol. The molecule has 0 unspecified atom stereocenters. The van der Waals surface area contributed by atoms with Crippen molar-refractivity contribution in [2.24, 2.45) is 0 Å². The maximum absolute atomic E-state index is 12.8. The average molecular weight is 380 g/mol. The fourth-order valence-corrected chi connectivity index (χ4v) is 4.16. The van der Waals surface area contributed by atoms with Gasteiger partial charge in [-0.2, -0.15) is 9.82 Å². The summed E-state index contributed by atoms with van der Waals surface area (Å²) in [6.07, 6.45) is 4.08. The number of aromatic amines is 1. The van der Waals surface area contributed by atoms with Crippen molar-refractivity contribution >= 4 is 21.7 Å². The maximum Gasteiger partial charge on any atom is 0.258 e. The number of hydrogen-bond acceptors (Lipinski definition) is 5. The zero-order valence-electron chi connectivity index (χ0n) is 15.1. The van der Waals surface area contributed by atoms with Crippen LogP contribution in [0.2, 0.25) is 0 Å². The number of hydrogen-bond donors (Lipinski definition) is 2. The lowest BCUT2D eigenvalue weighted by atomic mass is 10.1. The molecule has 0 aliphatic carbocycles. The maximum atomic E-state index is 12.8. The minimum atomic E-state index is -3.85. The van der Waals surface area contributed by atoms with Gasteiger partial charge in [-0.1, -0.05) is 13.8 Å². The molecule has 2 aromatic rings. The first-order valence-electron chi connectivity index (χ1n) is 8.74. The van der Waals surface area contributed by atoms with Crippen LogP contribution >= 0.6 is 0 Å². The van der Waals surface area contributed by atoms with Crippen molar-refractivity contribution in [3.8, 4) is 0 Å². The Morgan fingerprint density at radius 2 is 2.19 bits per heavy atom. The molecule has 0 spiro atoms. The summed E-state index contributed by atoms with van der Waals surface area (Å²) in [6, 6.07) is 0.960. The number of nitrogens with zero attached hydrogens (tertiary/aromatic N) is 4. The van der Waals surface area contributed by atoms with E-state index in [0.717, 1.165) is 0 Å². The van der Waals surface area contributed by atoms with E-state index in [4.69, 9.17) is 0 Å². The highest BCUT2D eigenvalue weighted by molar-refractivity contribution is 7.89. The number of aromatic nitrogens is 4. The monoisotopic (exact) mass is 380 g/mol.